The molecular weight excluding hydrogens is 371 g/mol. The summed E-state index contributed by atoms with van der Waals surface area (Å²) in [6.45, 7) is 4.33. The average Bonchev–Trinajstić information content (AvgIpc) is 2.66. The molecular formula is C20H22F3N3O2. The van der Waals surface area contributed by atoms with Crippen LogP contribution in [-0.4, -0.2) is 36.9 Å². The van der Waals surface area contributed by atoms with Gasteiger partial charge in [-0.1, -0.05) is 0 Å². The molecule has 2 heterocycles. The summed E-state index contributed by atoms with van der Waals surface area (Å²) in [6, 6.07) is 8.99. The number of aromatic nitrogens is 1. The minimum absolute atomic E-state index is 0.300. The number of carbonyl (C=O) groups excluding carboxylic acids is 1. The number of ether oxygens (including phenoxy) is 1. The zero-order chi connectivity index (χ0) is 20.1. The average molecular weight is 393 g/mol. The smallest absolute Gasteiger partial charge is 0.406 e. The number of nitrogens with zero attached hydrogens (tertiary/aromatic N) is 2. The molecule has 8 heteroatoms. The van der Waals surface area contributed by atoms with Crippen molar-refractivity contribution in [3.8, 4) is 5.75 Å². The highest BCUT2D eigenvalue weighted by molar-refractivity contribution is 5.94. The van der Waals surface area contributed by atoms with Gasteiger partial charge in [0, 0.05) is 42.8 Å². The molecule has 0 unspecified atom stereocenters. The summed E-state index contributed by atoms with van der Waals surface area (Å²) in [4.78, 5) is 18.7. The second kappa shape index (κ2) is 8.50. The Hall–Kier alpha value is -2.77. The van der Waals surface area contributed by atoms with Gasteiger partial charge in [-0.25, -0.2) is 0 Å². The Morgan fingerprint density at radius 1 is 1.21 bits per heavy atom. The highest BCUT2D eigenvalue weighted by atomic mass is 19.4. The molecule has 1 aromatic carbocycles. The first-order chi connectivity index (χ1) is 13.3. The van der Waals surface area contributed by atoms with Gasteiger partial charge >= 0.3 is 6.36 Å². The molecule has 1 N–H and O–H groups in total. The van der Waals surface area contributed by atoms with Crippen LogP contribution in [0.1, 0.15) is 28.9 Å². The molecule has 1 aromatic heterocycles. The minimum atomic E-state index is -4.74. The van der Waals surface area contributed by atoms with Crippen LogP contribution in [0.15, 0.2) is 42.6 Å². The van der Waals surface area contributed by atoms with Crippen LogP contribution in [0.2, 0.25) is 0 Å². The number of pyridine rings is 1. The number of piperidine rings is 1. The van der Waals surface area contributed by atoms with Crippen LogP contribution in [0.4, 0.5) is 18.9 Å². The molecule has 0 bridgehead atoms. The summed E-state index contributed by atoms with van der Waals surface area (Å²) in [5.74, 6) is -0.274. The lowest BCUT2D eigenvalue weighted by Crippen LogP contribution is -2.38. The Labute approximate surface area is 161 Å². The van der Waals surface area contributed by atoms with Crippen molar-refractivity contribution >= 4 is 11.6 Å². The lowest BCUT2D eigenvalue weighted by atomic mass is 9.96. The Morgan fingerprint density at radius 3 is 2.50 bits per heavy atom. The van der Waals surface area contributed by atoms with Crippen LogP contribution in [0.25, 0.3) is 0 Å². The molecule has 1 amide bonds. The lowest BCUT2D eigenvalue weighted by Gasteiger charge is -2.33. The number of hydrogen-bond acceptors (Lipinski definition) is 4. The van der Waals surface area contributed by atoms with Crippen LogP contribution in [0.5, 0.6) is 5.75 Å². The number of benzene rings is 1. The fraction of sp³-hybridized carbons (Fsp3) is 0.400. The third-order valence-electron chi connectivity index (χ3n) is 4.76. The van der Waals surface area contributed by atoms with E-state index in [1.807, 2.05) is 19.2 Å². The van der Waals surface area contributed by atoms with Crippen LogP contribution in [0, 0.1) is 12.8 Å². The SMILES string of the molecule is Cc1cc(N2CCC(CNC(=O)c3ccc(OC(F)(F)F)cc3)CC2)ccn1. The van der Waals surface area contributed by atoms with Crippen molar-refractivity contribution in [3.63, 3.8) is 0 Å². The summed E-state index contributed by atoms with van der Waals surface area (Å²) >= 11 is 0. The highest BCUT2D eigenvalue weighted by Crippen LogP contribution is 2.24. The molecule has 0 aliphatic carbocycles. The number of amides is 1. The molecule has 5 nitrogen and oxygen atoms in total. The molecule has 0 atom stereocenters. The third kappa shape index (κ3) is 5.61. The van der Waals surface area contributed by atoms with E-state index in [1.165, 1.54) is 12.1 Å². The summed E-state index contributed by atoms with van der Waals surface area (Å²) in [5, 5.41) is 2.87. The normalized spacial score (nSPS) is 15.4. The first-order valence-corrected chi connectivity index (χ1v) is 9.12. The first kappa shape index (κ1) is 20.0. The fourth-order valence-corrected chi connectivity index (χ4v) is 3.27. The topological polar surface area (TPSA) is 54.5 Å². The van der Waals surface area contributed by atoms with Gasteiger partial charge in [-0.3, -0.25) is 9.78 Å². The van der Waals surface area contributed by atoms with Crippen molar-refractivity contribution < 1.29 is 22.7 Å². The van der Waals surface area contributed by atoms with E-state index in [-0.39, 0.29) is 11.7 Å². The van der Waals surface area contributed by atoms with E-state index in [9.17, 15) is 18.0 Å². The number of halogens is 3. The van der Waals surface area contributed by atoms with Crippen molar-refractivity contribution in [3.05, 3.63) is 53.9 Å². The second-order valence-electron chi connectivity index (χ2n) is 6.87. The standard InChI is InChI=1S/C20H22F3N3O2/c1-14-12-17(6-9-24-14)26-10-7-15(8-11-26)13-25-19(27)16-2-4-18(5-3-16)28-20(21,22)23/h2-6,9,12,15H,7-8,10-11,13H2,1H3,(H,25,27). The maximum atomic E-state index is 12.2. The van der Waals surface area contributed by atoms with Gasteiger partial charge < -0.3 is 15.0 Å². The predicted molar refractivity (Wildman–Crippen MR) is 99.4 cm³/mol. The Balaban J connectivity index is 1.45. The molecule has 1 fully saturated rings. The molecule has 1 aliphatic rings. The van der Waals surface area contributed by atoms with Crippen LogP contribution in [0.3, 0.4) is 0 Å². The van der Waals surface area contributed by atoms with Gasteiger partial charge in [-0.2, -0.15) is 0 Å². The zero-order valence-corrected chi connectivity index (χ0v) is 15.5. The van der Waals surface area contributed by atoms with Gasteiger partial charge in [-0.15, -0.1) is 13.2 Å². The van der Waals surface area contributed by atoms with E-state index in [0.717, 1.165) is 49.4 Å². The van der Waals surface area contributed by atoms with Crippen molar-refractivity contribution in [2.45, 2.75) is 26.1 Å². The van der Waals surface area contributed by atoms with Crippen molar-refractivity contribution in [1.29, 1.82) is 0 Å². The largest absolute Gasteiger partial charge is 0.573 e. The van der Waals surface area contributed by atoms with Crippen molar-refractivity contribution in [2.24, 2.45) is 5.92 Å². The van der Waals surface area contributed by atoms with E-state index in [4.69, 9.17) is 0 Å². The molecule has 2 aromatic rings. The number of aryl methyl sites for hydroxylation is 1. The van der Waals surface area contributed by atoms with Gasteiger partial charge in [0.2, 0.25) is 0 Å². The van der Waals surface area contributed by atoms with Crippen LogP contribution in [-0.2, 0) is 0 Å². The summed E-state index contributed by atoms with van der Waals surface area (Å²) in [7, 11) is 0. The number of anilines is 1. The number of alkyl halides is 3. The Kier molecular flexibility index (Phi) is 6.06. The molecule has 3 rings (SSSR count). The third-order valence-corrected chi connectivity index (χ3v) is 4.76. The second-order valence-corrected chi connectivity index (χ2v) is 6.87. The van der Waals surface area contributed by atoms with Gasteiger partial charge in [0.1, 0.15) is 5.75 Å². The number of carbonyl (C=O) groups is 1. The van der Waals surface area contributed by atoms with Crippen molar-refractivity contribution in [1.82, 2.24) is 10.3 Å². The van der Waals surface area contributed by atoms with Crippen LogP contribution >= 0.6 is 0 Å². The van der Waals surface area contributed by atoms with E-state index in [0.29, 0.717) is 18.0 Å². The van der Waals surface area contributed by atoms with Gasteiger partial charge in [0.15, 0.2) is 0 Å². The Morgan fingerprint density at radius 2 is 1.89 bits per heavy atom. The molecule has 1 aliphatic heterocycles. The monoisotopic (exact) mass is 393 g/mol. The van der Waals surface area contributed by atoms with E-state index in [1.54, 1.807) is 0 Å². The fourth-order valence-electron chi connectivity index (χ4n) is 3.27. The minimum Gasteiger partial charge on any atom is -0.406 e. The van der Waals surface area contributed by atoms with Crippen molar-refractivity contribution in [2.75, 3.05) is 24.5 Å². The van der Waals surface area contributed by atoms with Crippen LogP contribution < -0.4 is 15.0 Å². The summed E-state index contributed by atoms with van der Waals surface area (Å²) < 4.78 is 40.3. The van der Waals surface area contributed by atoms with E-state index < -0.39 is 6.36 Å². The number of hydrogen-bond donors (Lipinski definition) is 1. The Bertz CT molecular complexity index is 801. The predicted octanol–water partition coefficient (Wildman–Crippen LogP) is 3.94. The molecule has 28 heavy (non-hydrogen) atoms. The highest BCUT2D eigenvalue weighted by Gasteiger charge is 2.31. The molecule has 150 valence electrons. The van der Waals surface area contributed by atoms with Gasteiger partial charge in [0.05, 0.1) is 0 Å². The maximum absolute atomic E-state index is 12.2. The molecule has 0 spiro atoms. The molecule has 0 radical (unpaired) electrons. The van der Waals surface area contributed by atoms with Gasteiger partial charge in [0.25, 0.3) is 5.91 Å². The number of nitrogens with one attached hydrogen (secondary N) is 1. The zero-order valence-electron chi connectivity index (χ0n) is 15.5. The number of rotatable bonds is 5. The van der Waals surface area contributed by atoms with E-state index >= 15 is 0 Å². The summed E-state index contributed by atoms with van der Waals surface area (Å²) in [6.07, 6.45) is -1.02. The van der Waals surface area contributed by atoms with Gasteiger partial charge in [-0.05, 0) is 62.1 Å². The quantitative estimate of drug-likeness (QED) is 0.836. The molecule has 0 saturated carbocycles. The maximum Gasteiger partial charge on any atom is 0.573 e. The molecule has 1 saturated heterocycles. The lowest BCUT2D eigenvalue weighted by molar-refractivity contribution is -0.274. The first-order valence-electron chi connectivity index (χ1n) is 9.12. The summed E-state index contributed by atoms with van der Waals surface area (Å²) in [5.41, 5.74) is 2.45. The van der Waals surface area contributed by atoms with E-state index in [2.05, 4.69) is 26.0 Å².